The molecule has 184 valence electrons. The van der Waals surface area contributed by atoms with Crippen molar-refractivity contribution in [3.05, 3.63) is 65.5 Å². The van der Waals surface area contributed by atoms with Crippen LogP contribution in [0.4, 0.5) is 5.69 Å². The number of carbonyl (C=O) groups is 3. The normalized spacial score (nSPS) is 10.5. The molecule has 2 N–H and O–H groups in total. The van der Waals surface area contributed by atoms with E-state index in [0.29, 0.717) is 23.2 Å². The van der Waals surface area contributed by atoms with Gasteiger partial charge >= 0.3 is 5.97 Å². The van der Waals surface area contributed by atoms with Gasteiger partial charge in [-0.3, -0.25) is 9.59 Å². The van der Waals surface area contributed by atoms with E-state index in [1.54, 1.807) is 31.4 Å². The third kappa shape index (κ3) is 7.06. The average Bonchev–Trinajstić information content (AvgIpc) is 3.28. The largest absolute Gasteiger partial charge is 0.497 e. The molecule has 1 heterocycles. The smallest absolute Gasteiger partial charge is 0.339 e. The maximum absolute atomic E-state index is 12.5. The van der Waals surface area contributed by atoms with E-state index in [-0.39, 0.29) is 36.1 Å². The zero-order chi connectivity index (χ0) is 25.2. The quantitative estimate of drug-likeness (QED) is 0.306. The number of carbonyl (C=O) groups excluding carboxylic acids is 3. The lowest BCUT2D eigenvalue weighted by Gasteiger charge is -2.10. The molecule has 0 aliphatic rings. The zero-order valence-electron chi connectivity index (χ0n) is 19.7. The highest BCUT2D eigenvalue weighted by molar-refractivity contribution is 7.99. The van der Waals surface area contributed by atoms with Gasteiger partial charge in [0.1, 0.15) is 5.75 Å². The number of para-hydroxylation sites is 1. The van der Waals surface area contributed by atoms with Crippen molar-refractivity contribution in [1.82, 2.24) is 20.1 Å². The lowest BCUT2D eigenvalue weighted by Crippen LogP contribution is -2.26. The molecule has 0 bridgehead atoms. The molecule has 0 atom stereocenters. The number of anilines is 1. The average molecular weight is 498 g/mol. The summed E-state index contributed by atoms with van der Waals surface area (Å²) < 4.78 is 11.7. The first-order valence-corrected chi connectivity index (χ1v) is 11.8. The number of hydrogen-bond donors (Lipinski definition) is 2. The maximum Gasteiger partial charge on any atom is 0.339 e. The second kappa shape index (κ2) is 12.6. The summed E-state index contributed by atoms with van der Waals surface area (Å²) in [5, 5.41) is 14.5. The summed E-state index contributed by atoms with van der Waals surface area (Å²) >= 11 is 1.22. The summed E-state index contributed by atoms with van der Waals surface area (Å²) in [6, 6.07) is 13.9. The van der Waals surface area contributed by atoms with Crippen molar-refractivity contribution >= 4 is 35.2 Å². The Morgan fingerprint density at radius 1 is 1.00 bits per heavy atom. The van der Waals surface area contributed by atoms with Crippen LogP contribution in [0.3, 0.4) is 0 Å². The topological polar surface area (TPSA) is 124 Å². The fourth-order valence-corrected chi connectivity index (χ4v) is 4.06. The third-order valence-corrected chi connectivity index (χ3v) is 5.98. The summed E-state index contributed by atoms with van der Waals surface area (Å²) in [5.74, 6) is 0.423. The van der Waals surface area contributed by atoms with Crippen LogP contribution in [0.15, 0.2) is 53.7 Å². The number of hydrogen-bond acceptors (Lipinski definition) is 8. The highest BCUT2D eigenvalue weighted by Gasteiger charge is 2.16. The molecular weight excluding hydrogens is 470 g/mol. The van der Waals surface area contributed by atoms with Crippen molar-refractivity contribution in [3.8, 4) is 5.75 Å². The monoisotopic (exact) mass is 497 g/mol. The number of thioether (sulfide) groups is 1. The Morgan fingerprint density at radius 2 is 1.74 bits per heavy atom. The molecule has 0 saturated heterocycles. The number of benzene rings is 2. The van der Waals surface area contributed by atoms with Gasteiger partial charge in [-0.15, -0.1) is 10.2 Å². The molecule has 35 heavy (non-hydrogen) atoms. The lowest BCUT2D eigenvalue weighted by atomic mass is 10.1. The summed E-state index contributed by atoms with van der Waals surface area (Å²) in [5.41, 5.74) is 1.52. The van der Waals surface area contributed by atoms with Crippen molar-refractivity contribution < 1.29 is 23.9 Å². The molecule has 0 radical (unpaired) electrons. The van der Waals surface area contributed by atoms with E-state index < -0.39 is 5.97 Å². The van der Waals surface area contributed by atoms with Crippen LogP contribution in [-0.4, -0.2) is 52.5 Å². The van der Waals surface area contributed by atoms with Gasteiger partial charge in [0.15, 0.2) is 11.0 Å². The Labute approximate surface area is 207 Å². The molecule has 0 unspecified atom stereocenters. The zero-order valence-corrected chi connectivity index (χ0v) is 20.6. The van der Waals surface area contributed by atoms with Crippen LogP contribution in [0.5, 0.6) is 5.75 Å². The molecule has 2 amide bonds. The van der Waals surface area contributed by atoms with Crippen LogP contribution < -0.4 is 15.4 Å². The molecule has 3 aromatic rings. The van der Waals surface area contributed by atoms with Crippen LogP contribution in [0.2, 0.25) is 0 Å². The minimum atomic E-state index is -0.530. The Morgan fingerprint density at radius 3 is 2.43 bits per heavy atom. The van der Waals surface area contributed by atoms with Gasteiger partial charge in [0.05, 0.1) is 44.2 Å². The number of esters is 1. The molecule has 0 saturated carbocycles. The Balaban J connectivity index is 1.54. The van der Waals surface area contributed by atoms with Gasteiger partial charge in [-0.2, -0.15) is 0 Å². The van der Waals surface area contributed by atoms with Crippen molar-refractivity contribution in [3.63, 3.8) is 0 Å². The molecule has 0 aliphatic carbocycles. The maximum atomic E-state index is 12.5. The van der Waals surface area contributed by atoms with E-state index in [0.717, 1.165) is 11.3 Å². The van der Waals surface area contributed by atoms with Gasteiger partial charge in [0.25, 0.3) is 0 Å². The number of aromatic nitrogens is 3. The standard InChI is InChI=1S/C24H27N5O5S/c1-4-29-20(14-25-21(30)13-16-9-11-17(33-2)12-10-16)27-28-24(29)35-15-22(31)26-19-8-6-5-7-18(19)23(32)34-3/h5-12H,4,13-15H2,1-3H3,(H,25,30)(H,26,31). The number of nitrogens with one attached hydrogen (secondary N) is 2. The van der Waals surface area contributed by atoms with Gasteiger partial charge < -0.3 is 24.7 Å². The number of ether oxygens (including phenoxy) is 2. The Kier molecular flexibility index (Phi) is 9.24. The second-order valence-corrected chi connectivity index (χ2v) is 8.26. The Bertz CT molecular complexity index is 1180. The van der Waals surface area contributed by atoms with E-state index in [2.05, 4.69) is 20.8 Å². The number of nitrogens with zero attached hydrogens (tertiary/aromatic N) is 3. The van der Waals surface area contributed by atoms with Gasteiger partial charge in [-0.1, -0.05) is 36.0 Å². The molecule has 10 nitrogen and oxygen atoms in total. The fourth-order valence-electron chi connectivity index (χ4n) is 3.24. The SMILES string of the molecule is CCn1c(CNC(=O)Cc2ccc(OC)cc2)nnc1SCC(=O)Nc1ccccc1C(=O)OC. The summed E-state index contributed by atoms with van der Waals surface area (Å²) in [4.78, 5) is 36.7. The number of methoxy groups -OCH3 is 2. The first-order chi connectivity index (χ1) is 16.9. The van der Waals surface area contributed by atoms with Gasteiger partial charge in [0, 0.05) is 6.54 Å². The molecule has 3 rings (SSSR count). The van der Waals surface area contributed by atoms with E-state index in [1.165, 1.54) is 18.9 Å². The van der Waals surface area contributed by atoms with E-state index in [4.69, 9.17) is 9.47 Å². The predicted molar refractivity (Wildman–Crippen MR) is 131 cm³/mol. The van der Waals surface area contributed by atoms with Gasteiger partial charge in [-0.25, -0.2) is 4.79 Å². The summed E-state index contributed by atoms with van der Waals surface area (Å²) in [6.45, 7) is 2.73. The minimum Gasteiger partial charge on any atom is -0.497 e. The van der Waals surface area contributed by atoms with E-state index in [1.807, 2.05) is 35.8 Å². The number of rotatable bonds is 11. The van der Waals surface area contributed by atoms with Crippen molar-refractivity contribution in [2.45, 2.75) is 31.6 Å². The second-order valence-electron chi connectivity index (χ2n) is 7.32. The first kappa shape index (κ1) is 25.8. The lowest BCUT2D eigenvalue weighted by molar-refractivity contribution is -0.120. The van der Waals surface area contributed by atoms with Gasteiger partial charge in [-0.05, 0) is 36.8 Å². The molecule has 2 aromatic carbocycles. The summed E-state index contributed by atoms with van der Waals surface area (Å²) in [6.07, 6.45) is 0.235. The predicted octanol–water partition coefficient (Wildman–Crippen LogP) is 2.68. The van der Waals surface area contributed by atoms with Crippen LogP contribution in [0.25, 0.3) is 0 Å². The van der Waals surface area contributed by atoms with Crippen LogP contribution >= 0.6 is 11.8 Å². The van der Waals surface area contributed by atoms with Crippen molar-refractivity contribution in [2.75, 3.05) is 25.3 Å². The van der Waals surface area contributed by atoms with E-state index in [9.17, 15) is 14.4 Å². The van der Waals surface area contributed by atoms with Crippen molar-refractivity contribution in [1.29, 1.82) is 0 Å². The highest BCUT2D eigenvalue weighted by Crippen LogP contribution is 2.20. The molecule has 11 heteroatoms. The van der Waals surface area contributed by atoms with Crippen LogP contribution in [0.1, 0.15) is 28.7 Å². The molecule has 0 spiro atoms. The number of amides is 2. The first-order valence-electron chi connectivity index (χ1n) is 10.9. The molecule has 0 fully saturated rings. The minimum absolute atomic E-state index is 0.0669. The van der Waals surface area contributed by atoms with E-state index >= 15 is 0 Å². The Hall–Kier alpha value is -3.86. The fraction of sp³-hybridized carbons (Fsp3) is 0.292. The molecule has 0 aliphatic heterocycles. The van der Waals surface area contributed by atoms with Gasteiger partial charge in [0.2, 0.25) is 11.8 Å². The highest BCUT2D eigenvalue weighted by atomic mass is 32.2. The van der Waals surface area contributed by atoms with Crippen LogP contribution in [-0.2, 0) is 33.8 Å². The third-order valence-electron chi connectivity index (χ3n) is 5.02. The van der Waals surface area contributed by atoms with Crippen LogP contribution in [0, 0.1) is 0 Å². The van der Waals surface area contributed by atoms with Crippen molar-refractivity contribution in [2.24, 2.45) is 0 Å². The molecule has 1 aromatic heterocycles. The molecular formula is C24H27N5O5S. The summed E-state index contributed by atoms with van der Waals surface area (Å²) in [7, 11) is 2.88.